The molecule has 0 rings (SSSR count). The number of rotatable bonds is 12. The summed E-state index contributed by atoms with van der Waals surface area (Å²) in [4.78, 5) is 8.36. The molecule has 0 heterocycles. The largest absolute Gasteiger partial charge is 0.483 e. The molecular formula is C17H38O2P. The van der Waals surface area contributed by atoms with Crippen LogP contribution in [0.3, 0.4) is 0 Å². The van der Waals surface area contributed by atoms with Gasteiger partial charge in [0.25, 0.3) is 6.47 Å². The van der Waals surface area contributed by atoms with Gasteiger partial charge < -0.3 is 5.11 Å². The van der Waals surface area contributed by atoms with E-state index in [4.69, 9.17) is 9.90 Å². The van der Waals surface area contributed by atoms with E-state index >= 15 is 0 Å². The molecule has 0 aromatic carbocycles. The van der Waals surface area contributed by atoms with E-state index in [9.17, 15) is 0 Å². The third-order valence-electron chi connectivity index (χ3n) is 3.94. The van der Waals surface area contributed by atoms with Crippen molar-refractivity contribution in [3.63, 3.8) is 0 Å². The van der Waals surface area contributed by atoms with Crippen molar-refractivity contribution < 1.29 is 9.90 Å². The summed E-state index contributed by atoms with van der Waals surface area (Å²) in [6, 6.07) is 0. The molecule has 0 amide bonds. The summed E-state index contributed by atoms with van der Waals surface area (Å²) < 4.78 is 0. The third-order valence-corrected chi connectivity index (χ3v) is 9.00. The van der Waals surface area contributed by atoms with E-state index in [-0.39, 0.29) is 6.47 Å². The Balaban J connectivity index is 0. The van der Waals surface area contributed by atoms with Gasteiger partial charge in [-0.2, -0.15) is 0 Å². The number of carboxylic acid groups (broad SMARTS) is 1. The van der Waals surface area contributed by atoms with Gasteiger partial charge in [-0.3, -0.25) is 4.79 Å². The Morgan fingerprint density at radius 3 is 1.05 bits per heavy atom. The molecule has 0 aromatic heterocycles. The van der Waals surface area contributed by atoms with Crippen molar-refractivity contribution in [3.05, 3.63) is 0 Å². The molecule has 0 atom stereocenters. The van der Waals surface area contributed by atoms with Crippen molar-refractivity contribution in [3.8, 4) is 0 Å². The number of carbonyl (C=O) groups is 1. The predicted octanol–water partition coefficient (Wildman–Crippen LogP) is 5.91. The zero-order valence-corrected chi connectivity index (χ0v) is 15.3. The van der Waals surface area contributed by atoms with E-state index < -0.39 is 7.26 Å². The van der Waals surface area contributed by atoms with E-state index in [1.807, 2.05) is 0 Å². The Labute approximate surface area is 128 Å². The van der Waals surface area contributed by atoms with Crippen LogP contribution >= 0.6 is 7.26 Å². The van der Waals surface area contributed by atoms with Crippen molar-refractivity contribution in [2.75, 3.05) is 24.6 Å². The van der Waals surface area contributed by atoms with Gasteiger partial charge in [0.1, 0.15) is 0 Å². The van der Waals surface area contributed by atoms with E-state index in [1.54, 1.807) is 24.6 Å². The Morgan fingerprint density at radius 2 is 0.900 bits per heavy atom. The van der Waals surface area contributed by atoms with Crippen molar-refractivity contribution >= 4 is 13.7 Å². The Hall–Kier alpha value is -0.100. The monoisotopic (exact) mass is 305 g/mol. The van der Waals surface area contributed by atoms with Gasteiger partial charge in [0, 0.05) is 0 Å². The molecule has 0 saturated carbocycles. The lowest BCUT2D eigenvalue weighted by Crippen LogP contribution is -2.12. The average molecular weight is 305 g/mol. The van der Waals surface area contributed by atoms with Gasteiger partial charge in [0.2, 0.25) is 0 Å². The van der Waals surface area contributed by atoms with Crippen LogP contribution in [0.2, 0.25) is 0 Å². The van der Waals surface area contributed by atoms with Crippen LogP contribution in [0, 0.1) is 0 Å². The highest BCUT2D eigenvalue weighted by Gasteiger charge is 2.24. The molecule has 20 heavy (non-hydrogen) atoms. The molecule has 3 heteroatoms. The first-order valence-electron chi connectivity index (χ1n) is 8.59. The summed E-state index contributed by atoms with van der Waals surface area (Å²) in [7, 11) is -0.562. The van der Waals surface area contributed by atoms with Gasteiger partial charge in [-0.05, 0) is 50.3 Å². The molecule has 123 valence electrons. The summed E-state index contributed by atoms with van der Waals surface area (Å²) in [5.41, 5.74) is 0. The number of hydrogen-bond acceptors (Lipinski definition) is 1. The van der Waals surface area contributed by atoms with Crippen LogP contribution in [-0.4, -0.2) is 36.2 Å². The van der Waals surface area contributed by atoms with Crippen LogP contribution < -0.4 is 0 Å². The highest BCUT2D eigenvalue weighted by atomic mass is 31.2. The third kappa shape index (κ3) is 12.9. The molecule has 0 aromatic rings. The van der Waals surface area contributed by atoms with Crippen molar-refractivity contribution in [1.29, 1.82) is 0 Å². The zero-order valence-electron chi connectivity index (χ0n) is 14.4. The summed E-state index contributed by atoms with van der Waals surface area (Å²) in [6.07, 6.45) is 17.9. The Morgan fingerprint density at radius 1 is 0.700 bits per heavy atom. The van der Waals surface area contributed by atoms with E-state index in [0.717, 1.165) is 0 Å². The van der Waals surface area contributed by atoms with Crippen LogP contribution in [0.25, 0.3) is 0 Å². The Kier molecular flexibility index (Phi) is 18.8. The molecule has 0 aliphatic heterocycles. The molecule has 0 aliphatic rings. The lowest BCUT2D eigenvalue weighted by Gasteiger charge is -2.37. The summed E-state index contributed by atoms with van der Waals surface area (Å²) >= 11 is 0. The second-order valence-electron chi connectivity index (χ2n) is 5.76. The SMILES string of the molecule is CCCC[P](CCCC)(CCCC)CCCC.O=CO. The number of unbranched alkanes of at least 4 members (excludes halogenated alkanes) is 4. The maximum atomic E-state index is 8.36. The fourth-order valence-electron chi connectivity index (χ4n) is 2.64. The summed E-state index contributed by atoms with van der Waals surface area (Å²) in [6.45, 7) is 9.17. The van der Waals surface area contributed by atoms with Gasteiger partial charge in [-0.1, -0.05) is 53.4 Å². The average Bonchev–Trinajstić information content (AvgIpc) is 2.46. The second kappa shape index (κ2) is 17.0. The molecule has 0 fully saturated rings. The molecule has 0 aliphatic carbocycles. The second-order valence-corrected chi connectivity index (χ2v) is 10.2. The predicted molar refractivity (Wildman–Crippen MR) is 94.7 cm³/mol. The lowest BCUT2D eigenvalue weighted by molar-refractivity contribution is -0.122. The van der Waals surface area contributed by atoms with Crippen LogP contribution in [0.5, 0.6) is 0 Å². The maximum absolute atomic E-state index is 8.36. The first kappa shape index (κ1) is 22.2. The zero-order chi connectivity index (χ0) is 15.7. The topological polar surface area (TPSA) is 37.3 Å². The molecule has 1 radical (unpaired) electrons. The minimum Gasteiger partial charge on any atom is -0.483 e. The molecule has 0 unspecified atom stereocenters. The van der Waals surface area contributed by atoms with Crippen LogP contribution in [0.15, 0.2) is 0 Å². The Bertz CT molecular complexity index is 158. The highest BCUT2D eigenvalue weighted by molar-refractivity contribution is 7.75. The van der Waals surface area contributed by atoms with Gasteiger partial charge >= 0.3 is 0 Å². The quantitative estimate of drug-likeness (QED) is 0.360. The van der Waals surface area contributed by atoms with Gasteiger partial charge in [-0.15, -0.1) is 7.26 Å². The normalized spacial score (nSPS) is 10.8. The van der Waals surface area contributed by atoms with Crippen LogP contribution in [0.4, 0.5) is 0 Å². The first-order chi connectivity index (χ1) is 9.66. The minimum atomic E-state index is -0.562. The van der Waals surface area contributed by atoms with Gasteiger partial charge in [0.05, 0.1) is 0 Å². The van der Waals surface area contributed by atoms with E-state index in [1.165, 1.54) is 51.4 Å². The first-order valence-corrected chi connectivity index (χ1v) is 11.1. The van der Waals surface area contributed by atoms with Crippen molar-refractivity contribution in [2.24, 2.45) is 0 Å². The fourth-order valence-corrected chi connectivity index (χ4v) is 7.93. The maximum Gasteiger partial charge on any atom is 0.290 e. The summed E-state index contributed by atoms with van der Waals surface area (Å²) in [5.74, 6) is 0. The molecule has 0 bridgehead atoms. The summed E-state index contributed by atoms with van der Waals surface area (Å²) in [5, 5.41) is 6.89. The lowest BCUT2D eigenvalue weighted by atomic mass is 10.4. The molecule has 0 saturated heterocycles. The molecule has 2 nitrogen and oxygen atoms in total. The van der Waals surface area contributed by atoms with E-state index in [0.29, 0.717) is 0 Å². The highest BCUT2D eigenvalue weighted by Crippen LogP contribution is 2.61. The van der Waals surface area contributed by atoms with Gasteiger partial charge in [-0.25, -0.2) is 0 Å². The van der Waals surface area contributed by atoms with Crippen molar-refractivity contribution in [1.82, 2.24) is 0 Å². The van der Waals surface area contributed by atoms with E-state index in [2.05, 4.69) is 27.7 Å². The van der Waals surface area contributed by atoms with Crippen LogP contribution in [-0.2, 0) is 4.79 Å². The standard InChI is InChI=1S/C16H36P.CH2O2/c1-5-9-13-17(14-10-6-2,15-11-7-3)16-12-8-4;2-1-3/h5-16H2,1-4H3;1H,(H,2,3). The minimum absolute atomic E-state index is 0.250. The molecule has 1 N–H and O–H groups in total. The van der Waals surface area contributed by atoms with Crippen LogP contribution in [0.1, 0.15) is 79.1 Å². The fraction of sp³-hybridized carbons (Fsp3) is 0.941. The number of hydrogen-bond donors (Lipinski definition) is 1. The van der Waals surface area contributed by atoms with Crippen molar-refractivity contribution in [2.45, 2.75) is 79.1 Å². The molecule has 0 spiro atoms. The smallest absolute Gasteiger partial charge is 0.290 e. The molecular weight excluding hydrogens is 267 g/mol. The van der Waals surface area contributed by atoms with Gasteiger partial charge in [0.15, 0.2) is 0 Å².